The average Bonchev–Trinajstić information content (AvgIpc) is 2.65. The second-order valence-corrected chi connectivity index (χ2v) is 8.32. The van der Waals surface area contributed by atoms with Gasteiger partial charge in [-0.1, -0.05) is 25.1 Å². The molecule has 1 aromatic carbocycles. The van der Waals surface area contributed by atoms with Gasteiger partial charge in [-0.3, -0.25) is 9.69 Å². The minimum atomic E-state index is -0.0815. The molecule has 132 valence electrons. The summed E-state index contributed by atoms with van der Waals surface area (Å²) < 4.78 is 0. The minimum absolute atomic E-state index is 0.0815. The van der Waals surface area contributed by atoms with E-state index in [1.807, 2.05) is 36.0 Å². The number of hydrogen-bond donors (Lipinski definition) is 1. The van der Waals surface area contributed by atoms with E-state index in [1.165, 1.54) is 17.1 Å². The summed E-state index contributed by atoms with van der Waals surface area (Å²) in [6.07, 6.45) is 1.70. The number of para-hydroxylation sites is 1. The number of carbonyl (C=O) groups excluding carboxylic acids is 1. The largest absolute Gasteiger partial charge is 0.322 e. The second-order valence-electron chi connectivity index (χ2n) is 5.82. The number of hydrogen-bond acceptors (Lipinski definition) is 5. The van der Waals surface area contributed by atoms with Crippen LogP contribution in [-0.2, 0) is 6.54 Å². The lowest BCUT2D eigenvalue weighted by molar-refractivity contribution is 0.102. The number of nitrogens with zero attached hydrogens (tertiary/aromatic N) is 2. The summed E-state index contributed by atoms with van der Waals surface area (Å²) in [6, 6.07) is 11.7. The Morgan fingerprint density at radius 1 is 1.28 bits per heavy atom. The molecule has 0 aliphatic carbocycles. The Hall–Kier alpha value is -1.50. The molecule has 1 saturated heterocycles. The topological polar surface area (TPSA) is 45.2 Å². The molecular weight excluding hydrogens is 350 g/mol. The van der Waals surface area contributed by atoms with Gasteiger partial charge < -0.3 is 5.32 Å². The molecule has 25 heavy (non-hydrogen) atoms. The molecule has 1 fully saturated rings. The molecule has 0 atom stereocenters. The maximum absolute atomic E-state index is 12.6. The Labute approximate surface area is 157 Å². The van der Waals surface area contributed by atoms with Crippen molar-refractivity contribution in [2.45, 2.75) is 18.5 Å². The van der Waals surface area contributed by atoms with E-state index in [0.29, 0.717) is 5.56 Å². The minimum Gasteiger partial charge on any atom is -0.322 e. The van der Waals surface area contributed by atoms with Crippen molar-refractivity contribution >= 4 is 35.1 Å². The van der Waals surface area contributed by atoms with Crippen LogP contribution in [-0.4, -0.2) is 46.1 Å². The molecule has 2 aromatic rings. The molecule has 2 heterocycles. The van der Waals surface area contributed by atoms with Crippen LogP contribution in [0.25, 0.3) is 0 Å². The van der Waals surface area contributed by atoms with E-state index < -0.39 is 0 Å². The Balaban J connectivity index is 1.71. The zero-order valence-electron chi connectivity index (χ0n) is 14.4. The summed E-state index contributed by atoms with van der Waals surface area (Å²) in [6.45, 7) is 5.17. The highest BCUT2D eigenvalue weighted by molar-refractivity contribution is 7.99. The summed E-state index contributed by atoms with van der Waals surface area (Å²) >= 11 is 3.65. The maximum Gasteiger partial charge on any atom is 0.255 e. The van der Waals surface area contributed by atoms with Crippen molar-refractivity contribution in [3.8, 4) is 0 Å². The zero-order chi connectivity index (χ0) is 17.5. The zero-order valence-corrected chi connectivity index (χ0v) is 16.0. The van der Waals surface area contributed by atoms with Crippen LogP contribution in [0.15, 0.2) is 47.6 Å². The second kappa shape index (κ2) is 9.27. The van der Waals surface area contributed by atoms with E-state index in [4.69, 9.17) is 0 Å². The van der Waals surface area contributed by atoms with Crippen molar-refractivity contribution in [2.24, 2.45) is 0 Å². The van der Waals surface area contributed by atoms with E-state index in [-0.39, 0.29) is 5.91 Å². The lowest BCUT2D eigenvalue weighted by atomic mass is 10.1. The normalized spacial score (nSPS) is 15.1. The van der Waals surface area contributed by atoms with Gasteiger partial charge in [0.1, 0.15) is 0 Å². The number of anilines is 1. The van der Waals surface area contributed by atoms with Crippen LogP contribution in [0.5, 0.6) is 0 Å². The highest BCUT2D eigenvalue weighted by Crippen LogP contribution is 2.21. The molecule has 3 rings (SSSR count). The number of amides is 1. The summed E-state index contributed by atoms with van der Waals surface area (Å²) in [5.41, 5.74) is 2.71. The molecule has 1 aromatic heterocycles. The van der Waals surface area contributed by atoms with Gasteiger partial charge in [-0.15, -0.1) is 11.8 Å². The Morgan fingerprint density at radius 2 is 2.08 bits per heavy atom. The van der Waals surface area contributed by atoms with Crippen LogP contribution < -0.4 is 5.32 Å². The molecule has 1 N–H and O–H groups in total. The van der Waals surface area contributed by atoms with Crippen LogP contribution >= 0.6 is 23.5 Å². The van der Waals surface area contributed by atoms with Crippen LogP contribution in [0, 0.1) is 0 Å². The molecule has 0 bridgehead atoms. The molecule has 1 aliphatic heterocycles. The van der Waals surface area contributed by atoms with Gasteiger partial charge in [0.05, 0.1) is 5.03 Å². The molecule has 4 nitrogen and oxygen atoms in total. The Kier molecular flexibility index (Phi) is 6.78. The van der Waals surface area contributed by atoms with E-state index in [0.717, 1.165) is 36.1 Å². The van der Waals surface area contributed by atoms with Gasteiger partial charge in [-0.05, 0) is 29.5 Å². The predicted molar refractivity (Wildman–Crippen MR) is 108 cm³/mol. The Bertz CT molecular complexity index is 717. The van der Waals surface area contributed by atoms with E-state index in [9.17, 15) is 4.79 Å². The van der Waals surface area contributed by atoms with Crippen LogP contribution in [0.4, 0.5) is 5.69 Å². The molecule has 1 aliphatic rings. The monoisotopic (exact) mass is 373 g/mol. The van der Waals surface area contributed by atoms with Crippen molar-refractivity contribution in [3.05, 3.63) is 53.7 Å². The first kappa shape index (κ1) is 18.3. The third kappa shape index (κ3) is 5.23. The maximum atomic E-state index is 12.6. The fourth-order valence-corrected chi connectivity index (χ4v) is 4.37. The number of benzene rings is 1. The van der Waals surface area contributed by atoms with Crippen molar-refractivity contribution in [3.63, 3.8) is 0 Å². The highest BCUT2D eigenvalue weighted by Gasteiger charge is 2.14. The van der Waals surface area contributed by atoms with Crippen LogP contribution in [0.3, 0.4) is 0 Å². The number of rotatable bonds is 6. The Morgan fingerprint density at radius 3 is 2.88 bits per heavy atom. The third-order valence-electron chi connectivity index (χ3n) is 4.05. The first-order chi connectivity index (χ1) is 12.3. The van der Waals surface area contributed by atoms with Crippen LogP contribution in [0.2, 0.25) is 0 Å². The standard InChI is InChI=1S/C19H23N3OS2/c1-2-25-18-13-15(7-8-20-18)19(23)21-17-6-4-3-5-16(17)14-22-9-11-24-12-10-22/h3-8,13H,2,9-12,14H2,1H3,(H,21,23). The van der Waals surface area contributed by atoms with Gasteiger partial charge >= 0.3 is 0 Å². The van der Waals surface area contributed by atoms with Gasteiger partial charge in [-0.25, -0.2) is 4.98 Å². The lowest BCUT2D eigenvalue weighted by Gasteiger charge is -2.27. The van der Waals surface area contributed by atoms with Crippen LogP contribution in [0.1, 0.15) is 22.8 Å². The number of carbonyl (C=O) groups is 1. The fourth-order valence-electron chi connectivity index (χ4n) is 2.75. The SMILES string of the molecule is CCSc1cc(C(=O)Nc2ccccc2CN2CCSCC2)ccn1. The summed E-state index contributed by atoms with van der Waals surface area (Å²) in [7, 11) is 0. The number of pyridine rings is 1. The molecule has 6 heteroatoms. The number of nitrogens with one attached hydrogen (secondary N) is 1. The van der Waals surface area contributed by atoms with Gasteiger partial charge in [0, 0.05) is 48.6 Å². The van der Waals surface area contributed by atoms with Gasteiger partial charge in [0.25, 0.3) is 5.91 Å². The quantitative estimate of drug-likeness (QED) is 0.776. The van der Waals surface area contributed by atoms with Gasteiger partial charge in [-0.2, -0.15) is 11.8 Å². The molecular formula is C19H23N3OS2. The fraction of sp³-hybridized carbons (Fsp3) is 0.368. The number of aromatic nitrogens is 1. The predicted octanol–water partition coefficient (Wildman–Crippen LogP) is 3.99. The van der Waals surface area contributed by atoms with Crippen molar-refractivity contribution in [1.29, 1.82) is 0 Å². The molecule has 0 radical (unpaired) electrons. The molecule has 0 unspecified atom stereocenters. The van der Waals surface area contributed by atoms with Gasteiger partial charge in [0.15, 0.2) is 0 Å². The number of thioether (sulfide) groups is 2. The average molecular weight is 374 g/mol. The molecule has 0 saturated carbocycles. The summed E-state index contributed by atoms with van der Waals surface area (Å²) in [4.78, 5) is 19.4. The van der Waals surface area contributed by atoms with E-state index in [2.05, 4.69) is 28.2 Å². The first-order valence-electron chi connectivity index (χ1n) is 8.54. The van der Waals surface area contributed by atoms with Gasteiger partial charge in [0.2, 0.25) is 0 Å². The third-order valence-corrected chi connectivity index (χ3v) is 5.80. The smallest absolute Gasteiger partial charge is 0.255 e. The van der Waals surface area contributed by atoms with E-state index in [1.54, 1.807) is 24.0 Å². The van der Waals surface area contributed by atoms with E-state index >= 15 is 0 Å². The van der Waals surface area contributed by atoms with Crippen molar-refractivity contribution in [1.82, 2.24) is 9.88 Å². The summed E-state index contributed by atoms with van der Waals surface area (Å²) in [5, 5.41) is 3.96. The molecule has 1 amide bonds. The lowest BCUT2D eigenvalue weighted by Crippen LogP contribution is -2.32. The first-order valence-corrected chi connectivity index (χ1v) is 10.7. The highest BCUT2D eigenvalue weighted by atomic mass is 32.2. The molecule has 0 spiro atoms. The van der Waals surface area contributed by atoms with Crippen molar-refractivity contribution < 1.29 is 4.79 Å². The summed E-state index contributed by atoms with van der Waals surface area (Å²) in [5.74, 6) is 3.23. The van der Waals surface area contributed by atoms with Crippen molar-refractivity contribution in [2.75, 3.05) is 35.7 Å².